The Labute approximate surface area is 112 Å². The average molecular weight is 283 g/mol. The molecule has 1 heterocycles. The van der Waals surface area contributed by atoms with Crippen LogP contribution in [0.1, 0.15) is 12.0 Å². The van der Waals surface area contributed by atoms with E-state index in [1.165, 1.54) is 7.05 Å². The van der Waals surface area contributed by atoms with Crippen LogP contribution in [0.5, 0.6) is 0 Å². The van der Waals surface area contributed by atoms with Gasteiger partial charge in [-0.2, -0.15) is 0 Å². The van der Waals surface area contributed by atoms with Crippen LogP contribution in [0.4, 0.5) is 5.69 Å². The van der Waals surface area contributed by atoms with Gasteiger partial charge in [-0.3, -0.25) is 4.79 Å². The molecule has 0 aliphatic carbocycles. The lowest BCUT2D eigenvalue weighted by atomic mass is 10.2. The Bertz CT molecular complexity index is 598. The normalized spacial score (nSPS) is 14.5. The monoisotopic (exact) mass is 283 g/mol. The van der Waals surface area contributed by atoms with Crippen LogP contribution in [-0.4, -0.2) is 34.5 Å². The number of amides is 1. The van der Waals surface area contributed by atoms with Crippen molar-refractivity contribution in [1.82, 2.24) is 4.72 Å². The summed E-state index contributed by atoms with van der Waals surface area (Å²) in [5.74, 6) is -0.0692. The Hall–Kier alpha value is -1.44. The lowest BCUT2D eigenvalue weighted by Gasteiger charge is -2.17. The number of sulfonamides is 1. The Kier molecular flexibility index (Phi) is 3.88. The first-order valence-electron chi connectivity index (χ1n) is 6.06. The third-order valence-electron chi connectivity index (χ3n) is 3.19. The van der Waals surface area contributed by atoms with Gasteiger partial charge in [0.25, 0.3) is 0 Å². The molecule has 0 spiro atoms. The third-order valence-corrected chi connectivity index (χ3v) is 4.60. The molecule has 6 nitrogen and oxygen atoms in total. The summed E-state index contributed by atoms with van der Waals surface area (Å²) in [6.07, 6.45) is 1.01. The molecule has 0 fully saturated rings. The van der Waals surface area contributed by atoms with Crippen molar-refractivity contribution in [2.45, 2.75) is 17.7 Å². The van der Waals surface area contributed by atoms with Crippen molar-refractivity contribution < 1.29 is 13.2 Å². The zero-order chi connectivity index (χ0) is 14.0. The van der Waals surface area contributed by atoms with Gasteiger partial charge in [0, 0.05) is 25.2 Å². The zero-order valence-corrected chi connectivity index (χ0v) is 11.5. The second-order valence-corrected chi connectivity index (χ2v) is 6.22. The predicted octanol–water partition coefficient (Wildman–Crippen LogP) is -0.167. The van der Waals surface area contributed by atoms with Gasteiger partial charge in [0.2, 0.25) is 15.9 Å². The fraction of sp³-hybridized carbons (Fsp3) is 0.417. The first-order chi connectivity index (χ1) is 8.99. The summed E-state index contributed by atoms with van der Waals surface area (Å²) >= 11 is 0. The molecule has 1 aliphatic heterocycles. The average Bonchev–Trinajstić information content (AvgIpc) is 2.81. The number of anilines is 1. The van der Waals surface area contributed by atoms with Gasteiger partial charge in [-0.1, -0.05) is 6.07 Å². The van der Waals surface area contributed by atoms with E-state index in [2.05, 4.69) is 4.72 Å². The van der Waals surface area contributed by atoms with Gasteiger partial charge < -0.3 is 10.6 Å². The van der Waals surface area contributed by atoms with E-state index in [0.717, 1.165) is 12.0 Å². The molecule has 104 valence electrons. The second kappa shape index (κ2) is 5.28. The number of carbonyl (C=O) groups excluding carboxylic acids is 1. The molecule has 0 aromatic heterocycles. The van der Waals surface area contributed by atoms with E-state index in [9.17, 15) is 13.2 Å². The molecule has 1 aromatic carbocycles. The highest BCUT2D eigenvalue weighted by Crippen LogP contribution is 2.30. The Morgan fingerprint density at radius 3 is 2.84 bits per heavy atom. The lowest BCUT2D eigenvalue weighted by molar-refractivity contribution is -0.118. The maximum Gasteiger partial charge on any atom is 0.240 e. The van der Waals surface area contributed by atoms with Crippen LogP contribution in [0.2, 0.25) is 0 Å². The standard InChI is InChI=1S/C12H17N3O3S/c1-14-19(17,18)10-3-2-9-5-7-15(11(9)8-10)12(16)4-6-13/h2-3,8,14H,4-7,13H2,1H3. The minimum Gasteiger partial charge on any atom is -0.330 e. The first-order valence-corrected chi connectivity index (χ1v) is 7.55. The third kappa shape index (κ3) is 2.63. The van der Waals surface area contributed by atoms with E-state index in [1.807, 2.05) is 0 Å². The largest absolute Gasteiger partial charge is 0.330 e. The smallest absolute Gasteiger partial charge is 0.240 e. The summed E-state index contributed by atoms with van der Waals surface area (Å²) < 4.78 is 25.8. The Morgan fingerprint density at radius 2 is 2.21 bits per heavy atom. The topological polar surface area (TPSA) is 92.5 Å². The minimum absolute atomic E-state index is 0.0692. The number of benzene rings is 1. The van der Waals surface area contributed by atoms with Crippen molar-refractivity contribution in [2.24, 2.45) is 5.73 Å². The molecule has 0 unspecified atom stereocenters. The number of nitrogens with two attached hydrogens (primary N) is 1. The number of nitrogens with zero attached hydrogens (tertiary/aromatic N) is 1. The van der Waals surface area contributed by atoms with Crippen molar-refractivity contribution in [2.75, 3.05) is 25.0 Å². The van der Waals surface area contributed by atoms with Gasteiger partial charge in [0.15, 0.2) is 0 Å². The molecule has 0 saturated carbocycles. The fourth-order valence-corrected chi connectivity index (χ4v) is 2.91. The molecule has 0 radical (unpaired) electrons. The van der Waals surface area contributed by atoms with Gasteiger partial charge in [0.1, 0.15) is 0 Å². The van der Waals surface area contributed by atoms with E-state index in [-0.39, 0.29) is 17.2 Å². The number of rotatable bonds is 4. The van der Waals surface area contributed by atoms with Crippen molar-refractivity contribution in [3.05, 3.63) is 23.8 Å². The maximum atomic E-state index is 11.9. The molecule has 0 atom stereocenters. The highest BCUT2D eigenvalue weighted by atomic mass is 32.2. The molecule has 0 bridgehead atoms. The van der Waals surface area contributed by atoms with Crippen LogP contribution < -0.4 is 15.4 Å². The molecular weight excluding hydrogens is 266 g/mol. The van der Waals surface area contributed by atoms with E-state index in [0.29, 0.717) is 18.8 Å². The highest BCUT2D eigenvalue weighted by molar-refractivity contribution is 7.89. The van der Waals surface area contributed by atoms with E-state index >= 15 is 0 Å². The Morgan fingerprint density at radius 1 is 1.47 bits per heavy atom. The number of fused-ring (bicyclic) bond motifs is 1. The van der Waals surface area contributed by atoms with E-state index in [4.69, 9.17) is 5.73 Å². The molecule has 1 amide bonds. The van der Waals surface area contributed by atoms with Crippen molar-refractivity contribution >= 4 is 21.6 Å². The SMILES string of the molecule is CNS(=O)(=O)c1ccc2c(c1)N(C(=O)CCN)CC2. The van der Waals surface area contributed by atoms with Crippen LogP contribution in [0, 0.1) is 0 Å². The molecule has 1 aromatic rings. The maximum absolute atomic E-state index is 11.9. The summed E-state index contributed by atoms with van der Waals surface area (Å²) in [7, 11) is -2.13. The quantitative estimate of drug-likeness (QED) is 0.802. The lowest BCUT2D eigenvalue weighted by Crippen LogP contribution is -2.30. The first kappa shape index (κ1) is 14.0. The van der Waals surface area contributed by atoms with Crippen LogP contribution in [0.3, 0.4) is 0 Å². The van der Waals surface area contributed by atoms with E-state index in [1.54, 1.807) is 23.1 Å². The predicted molar refractivity (Wildman–Crippen MR) is 72.4 cm³/mol. The minimum atomic E-state index is -3.49. The Balaban J connectivity index is 2.39. The summed E-state index contributed by atoms with van der Waals surface area (Å²) in [6, 6.07) is 4.86. The number of hydrogen-bond acceptors (Lipinski definition) is 4. The van der Waals surface area contributed by atoms with Crippen LogP contribution >= 0.6 is 0 Å². The summed E-state index contributed by atoms with van der Waals surface area (Å²) in [5, 5.41) is 0. The molecule has 2 rings (SSSR count). The molecule has 7 heteroatoms. The van der Waals surface area contributed by atoms with Gasteiger partial charge in [-0.15, -0.1) is 0 Å². The van der Waals surface area contributed by atoms with Crippen molar-refractivity contribution in [1.29, 1.82) is 0 Å². The van der Waals surface area contributed by atoms with Crippen molar-refractivity contribution in [3.8, 4) is 0 Å². The van der Waals surface area contributed by atoms with Crippen molar-refractivity contribution in [3.63, 3.8) is 0 Å². The van der Waals surface area contributed by atoms with Crippen LogP contribution in [0.15, 0.2) is 23.1 Å². The molecular formula is C12H17N3O3S. The number of nitrogens with one attached hydrogen (secondary N) is 1. The van der Waals surface area contributed by atoms with E-state index < -0.39 is 10.0 Å². The van der Waals surface area contributed by atoms with Gasteiger partial charge >= 0.3 is 0 Å². The number of hydrogen-bond donors (Lipinski definition) is 2. The molecule has 0 saturated heterocycles. The number of carbonyl (C=O) groups is 1. The van der Waals surface area contributed by atoms with Crippen LogP contribution in [-0.2, 0) is 21.2 Å². The van der Waals surface area contributed by atoms with Gasteiger partial charge in [-0.05, 0) is 31.2 Å². The highest BCUT2D eigenvalue weighted by Gasteiger charge is 2.26. The summed E-state index contributed by atoms with van der Waals surface area (Å²) in [5.41, 5.74) is 7.05. The van der Waals surface area contributed by atoms with Gasteiger partial charge in [0.05, 0.1) is 4.90 Å². The molecule has 3 N–H and O–H groups in total. The molecule has 1 aliphatic rings. The van der Waals surface area contributed by atoms with Crippen LogP contribution in [0.25, 0.3) is 0 Å². The fourth-order valence-electron chi connectivity index (χ4n) is 2.16. The molecule has 19 heavy (non-hydrogen) atoms. The zero-order valence-electron chi connectivity index (χ0n) is 10.7. The second-order valence-electron chi connectivity index (χ2n) is 4.33. The summed E-state index contributed by atoms with van der Waals surface area (Å²) in [4.78, 5) is 13.7. The summed E-state index contributed by atoms with van der Waals surface area (Å²) in [6.45, 7) is 0.871. The van der Waals surface area contributed by atoms with Gasteiger partial charge in [-0.25, -0.2) is 13.1 Å².